The highest BCUT2D eigenvalue weighted by atomic mass is 32.2. The lowest BCUT2D eigenvalue weighted by atomic mass is 10.4. The van der Waals surface area contributed by atoms with Crippen molar-refractivity contribution < 1.29 is 0 Å². The van der Waals surface area contributed by atoms with E-state index in [0.29, 0.717) is 0 Å². The minimum atomic E-state index is 1.03. The number of thioether (sulfide) groups is 1. The molecule has 2 rings (SSSR count). The molecular weight excluding hydrogens is 188 g/mol. The van der Waals surface area contributed by atoms with Gasteiger partial charge in [0.2, 0.25) is 0 Å². The molecule has 0 bridgehead atoms. The van der Waals surface area contributed by atoms with Crippen LogP contribution >= 0.6 is 11.8 Å². The maximum absolute atomic E-state index is 2.19. The van der Waals surface area contributed by atoms with E-state index in [0.717, 1.165) is 6.42 Å². The Bertz CT molecular complexity index is 371. The fourth-order valence-corrected chi connectivity index (χ4v) is 2.20. The minimum Gasteiger partial charge on any atom is -0.0942 e. The minimum absolute atomic E-state index is 1.03. The average molecular weight is 200 g/mol. The molecule has 0 N–H and O–H groups in total. The molecule has 1 heteroatoms. The lowest BCUT2D eigenvalue weighted by Crippen LogP contribution is -1.74. The fourth-order valence-electron chi connectivity index (χ4n) is 1.27. The molecular formula is C13H12S. The summed E-state index contributed by atoms with van der Waals surface area (Å²) in [4.78, 5) is 2.70. The van der Waals surface area contributed by atoms with Crippen molar-refractivity contribution in [3.8, 4) is 0 Å². The standard InChI is InChI=1S/C13H12S/c1-2-5-9-12(8-4-1)14-13-10-6-3-7-11-13/h1-8,10-11H,9H2. The number of benzene rings is 1. The van der Waals surface area contributed by atoms with Crippen LogP contribution in [-0.2, 0) is 0 Å². The summed E-state index contributed by atoms with van der Waals surface area (Å²) < 4.78 is 0. The summed E-state index contributed by atoms with van der Waals surface area (Å²) in [6, 6.07) is 10.5. The molecule has 0 saturated carbocycles. The first-order valence-electron chi connectivity index (χ1n) is 4.70. The van der Waals surface area contributed by atoms with Crippen molar-refractivity contribution in [1.82, 2.24) is 0 Å². The molecule has 0 nitrogen and oxygen atoms in total. The van der Waals surface area contributed by atoms with Gasteiger partial charge in [-0.15, -0.1) is 0 Å². The van der Waals surface area contributed by atoms with Gasteiger partial charge in [0.05, 0.1) is 0 Å². The van der Waals surface area contributed by atoms with Gasteiger partial charge in [0.1, 0.15) is 0 Å². The highest BCUT2D eigenvalue weighted by molar-refractivity contribution is 8.03. The number of hydrogen-bond donors (Lipinski definition) is 0. The van der Waals surface area contributed by atoms with Crippen LogP contribution < -0.4 is 0 Å². The molecule has 0 heterocycles. The topological polar surface area (TPSA) is 0 Å². The maximum Gasteiger partial charge on any atom is 0.0119 e. The van der Waals surface area contributed by atoms with Crippen molar-refractivity contribution in [3.63, 3.8) is 0 Å². The third-order valence-corrected chi connectivity index (χ3v) is 3.02. The Labute approximate surface area is 89.0 Å². The molecule has 1 aliphatic rings. The molecule has 70 valence electrons. The molecule has 1 aliphatic carbocycles. The summed E-state index contributed by atoms with van der Waals surface area (Å²) in [5.41, 5.74) is 0. The maximum atomic E-state index is 2.19. The van der Waals surface area contributed by atoms with E-state index in [-0.39, 0.29) is 0 Å². The normalized spacial score (nSPS) is 15.0. The second kappa shape index (κ2) is 4.87. The molecule has 0 amide bonds. The molecule has 14 heavy (non-hydrogen) atoms. The smallest absolute Gasteiger partial charge is 0.0119 e. The number of rotatable bonds is 2. The highest BCUT2D eigenvalue weighted by Gasteiger charge is 1.98. The Kier molecular flexibility index (Phi) is 3.25. The van der Waals surface area contributed by atoms with Crippen LogP contribution in [0.3, 0.4) is 0 Å². The first kappa shape index (κ1) is 9.35. The van der Waals surface area contributed by atoms with Crippen LogP contribution in [0.25, 0.3) is 0 Å². The van der Waals surface area contributed by atoms with E-state index >= 15 is 0 Å². The number of hydrogen-bond acceptors (Lipinski definition) is 1. The van der Waals surface area contributed by atoms with Crippen molar-refractivity contribution >= 4 is 11.8 Å². The van der Waals surface area contributed by atoms with Crippen molar-refractivity contribution in [2.45, 2.75) is 11.3 Å². The summed E-state index contributed by atoms with van der Waals surface area (Å²) in [5.74, 6) is 0. The van der Waals surface area contributed by atoms with Gasteiger partial charge < -0.3 is 0 Å². The Morgan fingerprint density at radius 2 is 1.79 bits per heavy atom. The van der Waals surface area contributed by atoms with Crippen molar-refractivity contribution in [1.29, 1.82) is 0 Å². The summed E-state index contributed by atoms with van der Waals surface area (Å²) in [6.45, 7) is 0. The Hall–Kier alpha value is -1.21. The first-order chi connectivity index (χ1) is 6.95. The van der Waals surface area contributed by atoms with Crippen LogP contribution in [0.5, 0.6) is 0 Å². The fraction of sp³-hybridized carbons (Fsp3) is 0.0769. The van der Waals surface area contributed by atoms with Crippen LogP contribution in [0.2, 0.25) is 0 Å². The molecule has 0 atom stereocenters. The van der Waals surface area contributed by atoms with E-state index < -0.39 is 0 Å². The van der Waals surface area contributed by atoms with Crippen molar-refractivity contribution in [2.75, 3.05) is 0 Å². The predicted octanol–water partition coefficient (Wildman–Crippen LogP) is 4.18. The molecule has 0 radical (unpaired) electrons. The highest BCUT2D eigenvalue weighted by Crippen LogP contribution is 2.29. The molecule has 0 saturated heterocycles. The Balaban J connectivity index is 2.08. The monoisotopic (exact) mass is 200 g/mol. The summed E-state index contributed by atoms with van der Waals surface area (Å²) >= 11 is 1.84. The van der Waals surface area contributed by atoms with Crippen LogP contribution in [0.4, 0.5) is 0 Å². The first-order valence-corrected chi connectivity index (χ1v) is 5.52. The van der Waals surface area contributed by atoms with Gasteiger partial charge in [0, 0.05) is 4.90 Å². The van der Waals surface area contributed by atoms with Gasteiger partial charge in [-0.3, -0.25) is 0 Å². The van der Waals surface area contributed by atoms with Gasteiger partial charge in [-0.25, -0.2) is 0 Å². The van der Waals surface area contributed by atoms with Crippen LogP contribution in [0.1, 0.15) is 6.42 Å². The lowest BCUT2D eigenvalue weighted by molar-refractivity contribution is 1.36. The van der Waals surface area contributed by atoms with Crippen LogP contribution in [0, 0.1) is 0 Å². The molecule has 0 aliphatic heterocycles. The van der Waals surface area contributed by atoms with E-state index in [1.165, 1.54) is 9.80 Å². The van der Waals surface area contributed by atoms with Crippen LogP contribution in [-0.4, -0.2) is 0 Å². The van der Waals surface area contributed by atoms with Gasteiger partial charge in [-0.05, 0) is 23.5 Å². The Morgan fingerprint density at radius 1 is 0.929 bits per heavy atom. The van der Waals surface area contributed by atoms with Gasteiger partial charge in [-0.2, -0.15) is 0 Å². The van der Waals surface area contributed by atoms with Gasteiger partial charge >= 0.3 is 0 Å². The van der Waals surface area contributed by atoms with E-state index in [9.17, 15) is 0 Å². The summed E-state index contributed by atoms with van der Waals surface area (Å²) in [6.07, 6.45) is 11.7. The van der Waals surface area contributed by atoms with E-state index in [4.69, 9.17) is 0 Å². The third kappa shape index (κ3) is 2.64. The lowest BCUT2D eigenvalue weighted by Gasteiger charge is -2.02. The van der Waals surface area contributed by atoms with E-state index in [1.807, 2.05) is 17.8 Å². The zero-order valence-corrected chi connectivity index (χ0v) is 8.71. The molecule has 0 fully saturated rings. The molecule has 1 aromatic carbocycles. The molecule has 0 spiro atoms. The second-order valence-electron chi connectivity index (χ2n) is 3.07. The predicted molar refractivity (Wildman–Crippen MR) is 63.3 cm³/mol. The van der Waals surface area contributed by atoms with Crippen molar-refractivity contribution in [3.05, 3.63) is 65.6 Å². The molecule has 0 aromatic heterocycles. The van der Waals surface area contributed by atoms with Gasteiger partial charge in [0.15, 0.2) is 0 Å². The molecule has 0 unspecified atom stereocenters. The summed E-state index contributed by atoms with van der Waals surface area (Å²) in [5, 5.41) is 0. The Morgan fingerprint density at radius 3 is 2.64 bits per heavy atom. The second-order valence-corrected chi connectivity index (χ2v) is 4.27. The van der Waals surface area contributed by atoms with E-state index in [1.54, 1.807) is 0 Å². The average Bonchev–Trinajstić information content (AvgIpc) is 2.48. The summed E-state index contributed by atoms with van der Waals surface area (Å²) in [7, 11) is 0. The van der Waals surface area contributed by atoms with E-state index in [2.05, 4.69) is 54.6 Å². The third-order valence-electron chi connectivity index (χ3n) is 1.95. The zero-order valence-electron chi connectivity index (χ0n) is 7.89. The quantitative estimate of drug-likeness (QED) is 0.690. The SMILES string of the molecule is C1=CC=C(Sc2ccccc2)CC=C1. The van der Waals surface area contributed by atoms with Crippen LogP contribution in [0.15, 0.2) is 70.5 Å². The number of allylic oxidation sites excluding steroid dienone is 6. The van der Waals surface area contributed by atoms with Crippen molar-refractivity contribution in [2.24, 2.45) is 0 Å². The zero-order chi connectivity index (χ0) is 9.64. The van der Waals surface area contributed by atoms with Gasteiger partial charge in [-0.1, -0.05) is 60.3 Å². The largest absolute Gasteiger partial charge is 0.0942 e. The molecule has 1 aromatic rings. The van der Waals surface area contributed by atoms with Gasteiger partial charge in [0.25, 0.3) is 0 Å².